The van der Waals surface area contributed by atoms with E-state index < -0.39 is 11.6 Å². The van der Waals surface area contributed by atoms with Crippen LogP contribution in [0.1, 0.15) is 43.4 Å². The minimum absolute atomic E-state index is 0.0162. The van der Waals surface area contributed by atoms with E-state index in [0.717, 1.165) is 36.7 Å². The number of hydrogen-bond acceptors (Lipinski definition) is 3. The summed E-state index contributed by atoms with van der Waals surface area (Å²) in [5.74, 6) is 0.428. The van der Waals surface area contributed by atoms with E-state index >= 15 is 0 Å². The Morgan fingerprint density at radius 1 is 1.24 bits per heavy atom. The van der Waals surface area contributed by atoms with Gasteiger partial charge in [-0.05, 0) is 37.6 Å². The van der Waals surface area contributed by atoms with Gasteiger partial charge in [0.05, 0.1) is 5.69 Å². The monoisotopic (exact) mass is 349 g/mol. The van der Waals surface area contributed by atoms with Crippen molar-refractivity contribution in [2.45, 2.75) is 51.8 Å². The maximum atomic E-state index is 13.8. The first-order valence-corrected chi connectivity index (χ1v) is 8.93. The lowest BCUT2D eigenvalue weighted by Crippen LogP contribution is -2.10. The topological polar surface area (TPSA) is 39.1 Å². The number of rotatable bonds is 8. The summed E-state index contributed by atoms with van der Waals surface area (Å²) < 4.78 is 34.7. The largest absolute Gasteiger partial charge is 0.473 e. The number of benzene rings is 1. The van der Waals surface area contributed by atoms with E-state index in [0.29, 0.717) is 12.4 Å². The number of halogens is 2. The van der Waals surface area contributed by atoms with Gasteiger partial charge in [0.15, 0.2) is 0 Å². The van der Waals surface area contributed by atoms with Gasteiger partial charge in [0, 0.05) is 24.7 Å². The van der Waals surface area contributed by atoms with Crippen molar-refractivity contribution < 1.29 is 13.5 Å². The van der Waals surface area contributed by atoms with Crippen LogP contribution in [0.25, 0.3) is 0 Å². The lowest BCUT2D eigenvalue weighted by Gasteiger charge is -2.12. The number of nitrogens with one attached hydrogen (secondary N) is 1. The van der Waals surface area contributed by atoms with Crippen molar-refractivity contribution in [1.29, 1.82) is 0 Å². The number of nitrogens with zero attached hydrogens (tertiary/aromatic N) is 2. The van der Waals surface area contributed by atoms with E-state index in [1.807, 2.05) is 17.8 Å². The van der Waals surface area contributed by atoms with Crippen LogP contribution < -0.4 is 10.1 Å². The van der Waals surface area contributed by atoms with E-state index in [4.69, 9.17) is 4.74 Å². The number of hydrogen-bond donors (Lipinski definition) is 1. The Morgan fingerprint density at radius 3 is 2.80 bits per heavy atom. The Bertz CT molecular complexity index is 696. The second kappa shape index (κ2) is 8.43. The van der Waals surface area contributed by atoms with Crippen LogP contribution in [0.5, 0.6) is 5.88 Å². The molecule has 0 bridgehead atoms. The lowest BCUT2D eigenvalue weighted by atomic mass is 10.0. The molecule has 1 aliphatic rings. The van der Waals surface area contributed by atoms with Crippen molar-refractivity contribution in [3.8, 4) is 5.88 Å². The van der Waals surface area contributed by atoms with E-state index in [2.05, 4.69) is 10.4 Å². The van der Waals surface area contributed by atoms with Gasteiger partial charge in [0.1, 0.15) is 18.2 Å². The SMILES string of the molecule is CNCc1cc(OCc2cc(F)ccc2F)n(CCC2CCCC2)n1. The second-order valence-electron chi connectivity index (χ2n) is 6.69. The van der Waals surface area contributed by atoms with Crippen molar-refractivity contribution in [2.75, 3.05) is 7.05 Å². The van der Waals surface area contributed by atoms with Crippen molar-refractivity contribution >= 4 is 0 Å². The molecule has 136 valence electrons. The van der Waals surface area contributed by atoms with Gasteiger partial charge in [0.2, 0.25) is 5.88 Å². The molecule has 1 aromatic carbocycles. The van der Waals surface area contributed by atoms with Gasteiger partial charge < -0.3 is 10.1 Å². The third-order valence-electron chi connectivity index (χ3n) is 4.76. The molecule has 3 rings (SSSR count). The van der Waals surface area contributed by atoms with Crippen LogP contribution in [0.3, 0.4) is 0 Å². The van der Waals surface area contributed by atoms with Crippen LogP contribution >= 0.6 is 0 Å². The molecule has 1 heterocycles. The molecule has 0 amide bonds. The summed E-state index contributed by atoms with van der Waals surface area (Å²) in [6.07, 6.45) is 6.28. The maximum absolute atomic E-state index is 13.8. The molecule has 1 saturated carbocycles. The summed E-state index contributed by atoms with van der Waals surface area (Å²) in [7, 11) is 1.86. The average Bonchev–Trinajstić information content (AvgIpc) is 3.24. The zero-order valence-corrected chi connectivity index (χ0v) is 14.6. The fourth-order valence-corrected chi connectivity index (χ4v) is 3.40. The molecule has 1 N–H and O–H groups in total. The summed E-state index contributed by atoms with van der Waals surface area (Å²) in [4.78, 5) is 0. The highest BCUT2D eigenvalue weighted by Crippen LogP contribution is 2.28. The van der Waals surface area contributed by atoms with Gasteiger partial charge in [-0.15, -0.1) is 0 Å². The number of aromatic nitrogens is 2. The van der Waals surface area contributed by atoms with Crippen LogP contribution in [0, 0.1) is 17.6 Å². The van der Waals surface area contributed by atoms with E-state index in [-0.39, 0.29) is 12.2 Å². The molecule has 0 unspecified atom stereocenters. The van der Waals surface area contributed by atoms with Crippen molar-refractivity contribution in [3.05, 3.63) is 47.2 Å². The Kier molecular flexibility index (Phi) is 6.02. The zero-order chi connectivity index (χ0) is 17.6. The van der Waals surface area contributed by atoms with Crippen molar-refractivity contribution in [1.82, 2.24) is 15.1 Å². The highest BCUT2D eigenvalue weighted by Gasteiger charge is 2.17. The molecule has 0 spiro atoms. The fourth-order valence-electron chi connectivity index (χ4n) is 3.40. The van der Waals surface area contributed by atoms with Gasteiger partial charge in [-0.2, -0.15) is 5.10 Å². The van der Waals surface area contributed by atoms with E-state index in [9.17, 15) is 8.78 Å². The average molecular weight is 349 g/mol. The molecular weight excluding hydrogens is 324 g/mol. The van der Waals surface area contributed by atoms with Crippen LogP contribution in [-0.2, 0) is 19.7 Å². The molecule has 0 radical (unpaired) electrons. The molecular formula is C19H25F2N3O. The predicted octanol–water partition coefficient (Wildman–Crippen LogP) is 4.04. The summed E-state index contributed by atoms with van der Waals surface area (Å²) >= 11 is 0. The first kappa shape index (κ1) is 17.9. The van der Waals surface area contributed by atoms with E-state index in [1.165, 1.54) is 31.7 Å². The van der Waals surface area contributed by atoms with Gasteiger partial charge in [-0.1, -0.05) is 25.7 Å². The van der Waals surface area contributed by atoms with Crippen LogP contribution in [-0.4, -0.2) is 16.8 Å². The molecule has 25 heavy (non-hydrogen) atoms. The third-order valence-corrected chi connectivity index (χ3v) is 4.76. The Morgan fingerprint density at radius 2 is 2.04 bits per heavy atom. The minimum atomic E-state index is -0.467. The molecule has 1 aromatic heterocycles. The lowest BCUT2D eigenvalue weighted by molar-refractivity contribution is 0.262. The van der Waals surface area contributed by atoms with Crippen molar-refractivity contribution in [3.63, 3.8) is 0 Å². The normalized spacial score (nSPS) is 15.0. The van der Waals surface area contributed by atoms with Crippen LogP contribution in [0.2, 0.25) is 0 Å². The molecule has 1 aliphatic carbocycles. The highest BCUT2D eigenvalue weighted by atomic mass is 19.1. The third kappa shape index (κ3) is 4.78. The van der Waals surface area contributed by atoms with Gasteiger partial charge in [0.25, 0.3) is 0 Å². The summed E-state index contributed by atoms with van der Waals surface area (Å²) in [5.41, 5.74) is 1.09. The summed E-state index contributed by atoms with van der Waals surface area (Å²) in [5, 5.41) is 7.65. The molecule has 2 aromatic rings. The van der Waals surface area contributed by atoms with Crippen LogP contribution in [0.4, 0.5) is 8.78 Å². The zero-order valence-electron chi connectivity index (χ0n) is 14.6. The van der Waals surface area contributed by atoms with Gasteiger partial charge in [-0.25, -0.2) is 13.5 Å². The molecule has 1 fully saturated rings. The van der Waals surface area contributed by atoms with Crippen molar-refractivity contribution in [2.24, 2.45) is 5.92 Å². The Hall–Kier alpha value is -1.95. The number of aryl methyl sites for hydroxylation is 1. The molecule has 4 nitrogen and oxygen atoms in total. The standard InChI is InChI=1S/C19H25F2N3O/c1-22-12-17-11-19(24(23-17)9-8-14-4-2-3-5-14)25-13-15-10-16(20)6-7-18(15)21/h6-7,10-11,14,22H,2-5,8-9,12-13H2,1H3. The summed E-state index contributed by atoms with van der Waals surface area (Å²) in [6.45, 7) is 1.41. The number of ether oxygens (including phenoxy) is 1. The predicted molar refractivity (Wildman–Crippen MR) is 92.3 cm³/mol. The Labute approximate surface area is 147 Å². The smallest absolute Gasteiger partial charge is 0.212 e. The fraction of sp³-hybridized carbons (Fsp3) is 0.526. The van der Waals surface area contributed by atoms with E-state index in [1.54, 1.807) is 0 Å². The molecule has 0 saturated heterocycles. The first-order chi connectivity index (χ1) is 12.2. The quantitative estimate of drug-likeness (QED) is 0.782. The van der Waals surface area contributed by atoms with Gasteiger partial charge in [-0.3, -0.25) is 0 Å². The first-order valence-electron chi connectivity index (χ1n) is 8.93. The van der Waals surface area contributed by atoms with Gasteiger partial charge >= 0.3 is 0 Å². The maximum Gasteiger partial charge on any atom is 0.212 e. The summed E-state index contributed by atoms with van der Waals surface area (Å²) in [6, 6.07) is 5.26. The molecule has 0 aliphatic heterocycles. The molecule has 0 atom stereocenters. The second-order valence-corrected chi connectivity index (χ2v) is 6.69. The van der Waals surface area contributed by atoms with Crippen LogP contribution in [0.15, 0.2) is 24.3 Å². The highest BCUT2D eigenvalue weighted by molar-refractivity contribution is 5.20. The minimum Gasteiger partial charge on any atom is -0.473 e. The Balaban J connectivity index is 1.68. The molecule has 6 heteroatoms.